The molecule has 1 rings (SSSR count). The van der Waals surface area contributed by atoms with E-state index in [1.165, 1.54) is 0 Å². The first-order valence-corrected chi connectivity index (χ1v) is 5.99. The van der Waals surface area contributed by atoms with Crippen molar-refractivity contribution in [2.45, 2.75) is 19.4 Å². The molecule has 0 aromatic heterocycles. The highest BCUT2D eigenvalue weighted by atomic mass is 32.1. The third kappa shape index (κ3) is 3.89. The predicted molar refractivity (Wildman–Crippen MR) is 76.0 cm³/mol. The molecule has 1 atom stereocenters. The lowest BCUT2D eigenvalue weighted by atomic mass is 10.2. The average molecular weight is 267 g/mol. The molecule has 1 unspecified atom stereocenters. The number of ether oxygens (including phenoxy) is 1. The molecule has 0 aliphatic carbocycles. The highest BCUT2D eigenvalue weighted by Crippen LogP contribution is 2.22. The lowest BCUT2D eigenvalue weighted by molar-refractivity contribution is 0.250. The first-order valence-electron chi connectivity index (χ1n) is 5.58. The van der Waals surface area contributed by atoms with Gasteiger partial charge in [0.05, 0.1) is 23.8 Å². The number of hydrogen-bond acceptors (Lipinski definition) is 3. The van der Waals surface area contributed by atoms with Crippen LogP contribution in [0.5, 0.6) is 5.75 Å². The fourth-order valence-electron chi connectivity index (χ4n) is 1.44. The maximum atomic E-state index is 11.8. The minimum absolute atomic E-state index is 0.271. The molecule has 0 heterocycles. The van der Waals surface area contributed by atoms with Gasteiger partial charge in [-0.3, -0.25) is 0 Å². The van der Waals surface area contributed by atoms with Crippen molar-refractivity contribution in [2.75, 3.05) is 12.4 Å². The Labute approximate surface area is 112 Å². The number of thiocarbonyl (C=S) groups is 1. The van der Waals surface area contributed by atoms with Gasteiger partial charge in [0.25, 0.3) is 0 Å². The molecule has 5 nitrogen and oxygen atoms in total. The van der Waals surface area contributed by atoms with Crippen LogP contribution in [-0.4, -0.2) is 24.2 Å². The second-order valence-corrected chi connectivity index (χ2v) is 4.13. The zero-order valence-corrected chi connectivity index (χ0v) is 11.2. The summed E-state index contributed by atoms with van der Waals surface area (Å²) in [6.45, 7) is 1.90. The van der Waals surface area contributed by atoms with Crippen molar-refractivity contribution in [1.29, 1.82) is 0 Å². The van der Waals surface area contributed by atoms with E-state index < -0.39 is 0 Å². The first-order chi connectivity index (χ1) is 8.58. The topological polar surface area (TPSA) is 76.4 Å². The second-order valence-electron chi connectivity index (χ2n) is 3.66. The highest BCUT2D eigenvalue weighted by molar-refractivity contribution is 7.80. The van der Waals surface area contributed by atoms with E-state index in [1.54, 1.807) is 19.2 Å². The van der Waals surface area contributed by atoms with Crippen LogP contribution in [0.2, 0.25) is 0 Å². The summed E-state index contributed by atoms with van der Waals surface area (Å²) in [6, 6.07) is 6.48. The maximum absolute atomic E-state index is 11.8. The van der Waals surface area contributed by atoms with Gasteiger partial charge >= 0.3 is 6.03 Å². The molecule has 98 valence electrons. The van der Waals surface area contributed by atoms with Gasteiger partial charge in [-0.25, -0.2) is 4.79 Å². The van der Waals surface area contributed by atoms with E-state index in [2.05, 4.69) is 10.6 Å². The number of nitrogens with two attached hydrogens (primary N) is 1. The van der Waals surface area contributed by atoms with Crippen LogP contribution in [-0.2, 0) is 0 Å². The van der Waals surface area contributed by atoms with Crippen LogP contribution < -0.4 is 21.1 Å². The quantitative estimate of drug-likeness (QED) is 0.712. The Balaban J connectivity index is 2.67. The molecule has 1 aromatic rings. The monoisotopic (exact) mass is 267 g/mol. The summed E-state index contributed by atoms with van der Waals surface area (Å²) >= 11 is 4.86. The van der Waals surface area contributed by atoms with Crippen LogP contribution in [0.1, 0.15) is 13.3 Å². The summed E-state index contributed by atoms with van der Waals surface area (Å²) in [4.78, 5) is 12.0. The van der Waals surface area contributed by atoms with Gasteiger partial charge in [0.1, 0.15) is 5.75 Å². The Kier molecular flexibility index (Phi) is 5.38. The molecule has 0 aliphatic heterocycles. The molecule has 0 bridgehead atoms. The van der Waals surface area contributed by atoms with Crippen molar-refractivity contribution in [2.24, 2.45) is 5.73 Å². The molecule has 2 amide bonds. The van der Waals surface area contributed by atoms with E-state index in [0.717, 1.165) is 0 Å². The number of hydrogen-bond donors (Lipinski definition) is 3. The summed E-state index contributed by atoms with van der Waals surface area (Å²) in [5, 5.41) is 5.38. The molecule has 1 aromatic carbocycles. The van der Waals surface area contributed by atoms with Crippen LogP contribution in [0.25, 0.3) is 0 Å². The summed E-state index contributed by atoms with van der Waals surface area (Å²) in [5.41, 5.74) is 6.10. The van der Waals surface area contributed by atoms with Crippen molar-refractivity contribution >= 4 is 28.9 Å². The Morgan fingerprint density at radius 2 is 2.17 bits per heavy atom. The Hall–Kier alpha value is -1.82. The smallest absolute Gasteiger partial charge is 0.319 e. The van der Waals surface area contributed by atoms with E-state index in [4.69, 9.17) is 22.7 Å². The van der Waals surface area contributed by atoms with Gasteiger partial charge in [-0.1, -0.05) is 31.3 Å². The van der Waals surface area contributed by atoms with Crippen molar-refractivity contribution < 1.29 is 9.53 Å². The molecule has 0 spiro atoms. The number of carbonyl (C=O) groups is 1. The Bertz CT molecular complexity index is 437. The number of benzene rings is 1. The molecule has 6 heteroatoms. The lowest BCUT2D eigenvalue weighted by Gasteiger charge is -2.16. The van der Waals surface area contributed by atoms with Crippen LogP contribution in [0.4, 0.5) is 10.5 Å². The second kappa shape index (κ2) is 6.80. The number of amides is 2. The normalized spacial score (nSPS) is 11.4. The van der Waals surface area contributed by atoms with Gasteiger partial charge in [0.2, 0.25) is 0 Å². The third-order valence-corrected chi connectivity index (χ3v) is 2.70. The van der Waals surface area contributed by atoms with Gasteiger partial charge < -0.3 is 21.1 Å². The fraction of sp³-hybridized carbons (Fsp3) is 0.333. The van der Waals surface area contributed by atoms with E-state index >= 15 is 0 Å². The largest absolute Gasteiger partial charge is 0.495 e. The number of carbonyl (C=O) groups excluding carboxylic acids is 1. The summed E-state index contributed by atoms with van der Waals surface area (Å²) < 4.78 is 5.13. The molecule has 0 fully saturated rings. The van der Waals surface area contributed by atoms with Crippen molar-refractivity contribution in [1.82, 2.24) is 5.32 Å². The predicted octanol–water partition coefficient (Wildman–Crippen LogP) is 1.88. The van der Waals surface area contributed by atoms with E-state index in [0.29, 0.717) is 17.9 Å². The molecule has 0 aliphatic rings. The number of rotatable bonds is 5. The molecular formula is C12H17N3O2S. The van der Waals surface area contributed by atoms with Crippen molar-refractivity contribution in [3.05, 3.63) is 24.3 Å². The van der Waals surface area contributed by atoms with Gasteiger partial charge in [-0.2, -0.15) is 0 Å². The standard InChI is InChI=1S/C12H17N3O2S/c1-3-8(11(13)18)14-12(16)15-9-6-4-5-7-10(9)17-2/h4-8H,3H2,1-2H3,(H2,13,18)(H2,14,15,16). The lowest BCUT2D eigenvalue weighted by Crippen LogP contribution is -2.44. The minimum Gasteiger partial charge on any atom is -0.495 e. The van der Waals surface area contributed by atoms with Crippen molar-refractivity contribution in [3.8, 4) is 5.75 Å². The zero-order valence-electron chi connectivity index (χ0n) is 10.4. The van der Waals surface area contributed by atoms with E-state index in [1.807, 2.05) is 19.1 Å². The molecule has 18 heavy (non-hydrogen) atoms. The third-order valence-electron chi connectivity index (χ3n) is 2.41. The van der Waals surface area contributed by atoms with Gasteiger partial charge in [-0.05, 0) is 18.6 Å². The SMILES string of the molecule is CCC(NC(=O)Nc1ccccc1OC)C(N)=S. The van der Waals surface area contributed by atoms with Crippen LogP contribution in [0.15, 0.2) is 24.3 Å². The first kappa shape index (κ1) is 14.2. The molecular weight excluding hydrogens is 250 g/mol. The number of methoxy groups -OCH3 is 1. The molecule has 0 saturated heterocycles. The van der Waals surface area contributed by atoms with Gasteiger partial charge in [0, 0.05) is 0 Å². The Morgan fingerprint density at radius 1 is 1.50 bits per heavy atom. The van der Waals surface area contributed by atoms with Crippen molar-refractivity contribution in [3.63, 3.8) is 0 Å². The number of urea groups is 1. The number of anilines is 1. The highest BCUT2D eigenvalue weighted by Gasteiger charge is 2.13. The summed E-state index contributed by atoms with van der Waals surface area (Å²) in [7, 11) is 1.54. The Morgan fingerprint density at radius 3 is 2.72 bits per heavy atom. The van der Waals surface area contributed by atoms with Crippen LogP contribution >= 0.6 is 12.2 Å². The molecule has 0 radical (unpaired) electrons. The van der Waals surface area contributed by atoms with E-state index in [9.17, 15) is 4.79 Å². The fourth-order valence-corrected chi connectivity index (χ4v) is 1.66. The molecule has 4 N–H and O–H groups in total. The average Bonchev–Trinajstić information content (AvgIpc) is 2.36. The van der Waals surface area contributed by atoms with Crippen LogP contribution in [0.3, 0.4) is 0 Å². The van der Waals surface area contributed by atoms with Gasteiger partial charge in [-0.15, -0.1) is 0 Å². The minimum atomic E-state index is -0.362. The maximum Gasteiger partial charge on any atom is 0.319 e. The van der Waals surface area contributed by atoms with E-state index in [-0.39, 0.29) is 17.1 Å². The summed E-state index contributed by atoms with van der Waals surface area (Å²) in [5.74, 6) is 0.594. The zero-order chi connectivity index (χ0) is 13.5. The molecule has 0 saturated carbocycles. The number of para-hydroxylation sites is 2. The van der Waals surface area contributed by atoms with Crippen LogP contribution in [0, 0.1) is 0 Å². The summed E-state index contributed by atoms with van der Waals surface area (Å²) in [6.07, 6.45) is 0.647. The van der Waals surface area contributed by atoms with Gasteiger partial charge in [0.15, 0.2) is 0 Å². The number of nitrogens with one attached hydrogen (secondary N) is 2.